The molecule has 0 spiro atoms. The fourth-order valence-corrected chi connectivity index (χ4v) is 1.97. The first-order chi connectivity index (χ1) is 6.06. The minimum atomic E-state index is -0.461. The number of benzene rings is 1. The lowest BCUT2D eigenvalue weighted by Gasteiger charge is -2.11. The first-order valence-electron chi connectivity index (χ1n) is 3.86. The average molecular weight is 201 g/mol. The van der Waals surface area contributed by atoms with Gasteiger partial charge in [-0.2, -0.15) is 0 Å². The van der Waals surface area contributed by atoms with Crippen molar-refractivity contribution in [2.24, 2.45) is 0 Å². The molecule has 4 heteroatoms. The van der Waals surface area contributed by atoms with Gasteiger partial charge in [-0.05, 0) is 19.4 Å². The van der Waals surface area contributed by atoms with Gasteiger partial charge in [0, 0.05) is 11.4 Å². The van der Waals surface area contributed by atoms with Crippen molar-refractivity contribution in [1.82, 2.24) is 0 Å². The first kappa shape index (κ1) is 10.3. The number of hydrogen-bond acceptors (Lipinski definition) is 2. The van der Waals surface area contributed by atoms with Crippen molar-refractivity contribution in [2.45, 2.75) is 0 Å². The molecule has 72 valence electrons. The van der Waals surface area contributed by atoms with E-state index < -0.39 is 7.92 Å². The normalized spacial score (nSPS) is 10.5. The molecule has 0 unspecified atom stereocenters. The molecule has 1 aromatic carbocycles. The molecule has 0 aromatic heterocycles. The molecule has 0 saturated heterocycles. The van der Waals surface area contributed by atoms with Crippen molar-refractivity contribution in [1.29, 1.82) is 0 Å². The molecule has 0 aliphatic heterocycles. The van der Waals surface area contributed by atoms with Crippen LogP contribution in [0.15, 0.2) is 12.1 Å². The van der Waals surface area contributed by atoms with Gasteiger partial charge in [-0.1, -0.05) is 7.92 Å². The summed E-state index contributed by atoms with van der Waals surface area (Å²) in [5.41, 5.74) is 6.15. The fraction of sp³-hybridized carbons (Fsp3) is 0.333. The molecule has 13 heavy (non-hydrogen) atoms. The van der Waals surface area contributed by atoms with Crippen molar-refractivity contribution < 1.29 is 9.13 Å². The van der Waals surface area contributed by atoms with Crippen LogP contribution in [0, 0.1) is 5.82 Å². The maximum Gasteiger partial charge on any atom is 0.144 e. The van der Waals surface area contributed by atoms with Crippen molar-refractivity contribution in [3.63, 3.8) is 0 Å². The summed E-state index contributed by atoms with van der Waals surface area (Å²) in [4.78, 5) is 0. The van der Waals surface area contributed by atoms with Crippen LogP contribution in [0.3, 0.4) is 0 Å². The van der Waals surface area contributed by atoms with Gasteiger partial charge in [0.2, 0.25) is 0 Å². The topological polar surface area (TPSA) is 35.2 Å². The van der Waals surface area contributed by atoms with Crippen molar-refractivity contribution in [3.05, 3.63) is 17.9 Å². The Balaban J connectivity index is 3.20. The van der Waals surface area contributed by atoms with Gasteiger partial charge in [-0.15, -0.1) is 0 Å². The second-order valence-corrected chi connectivity index (χ2v) is 5.21. The second-order valence-electron chi connectivity index (χ2n) is 2.94. The van der Waals surface area contributed by atoms with E-state index in [1.807, 2.05) is 13.3 Å². The molecule has 2 N–H and O–H groups in total. The van der Waals surface area contributed by atoms with E-state index >= 15 is 0 Å². The Morgan fingerprint density at radius 2 is 2.00 bits per heavy atom. The van der Waals surface area contributed by atoms with Crippen LogP contribution in [0.1, 0.15) is 0 Å². The van der Waals surface area contributed by atoms with Crippen molar-refractivity contribution >= 4 is 18.9 Å². The van der Waals surface area contributed by atoms with Gasteiger partial charge in [-0.3, -0.25) is 0 Å². The number of hydrogen-bond donors (Lipinski definition) is 1. The Morgan fingerprint density at radius 3 is 2.46 bits per heavy atom. The zero-order valence-electron chi connectivity index (χ0n) is 7.97. The van der Waals surface area contributed by atoms with E-state index in [-0.39, 0.29) is 5.82 Å². The molecule has 0 saturated carbocycles. The summed E-state index contributed by atoms with van der Waals surface area (Å²) >= 11 is 0. The largest absolute Gasteiger partial charge is 0.494 e. The number of anilines is 1. The molecule has 0 radical (unpaired) electrons. The quantitative estimate of drug-likeness (QED) is 0.584. The van der Waals surface area contributed by atoms with Crippen molar-refractivity contribution in [3.8, 4) is 5.75 Å². The lowest BCUT2D eigenvalue weighted by Crippen LogP contribution is -2.08. The molecule has 0 amide bonds. The smallest absolute Gasteiger partial charge is 0.144 e. The van der Waals surface area contributed by atoms with Gasteiger partial charge >= 0.3 is 0 Å². The minimum absolute atomic E-state index is 0.234. The molecule has 0 aliphatic carbocycles. The zero-order chi connectivity index (χ0) is 10.0. The fourth-order valence-electron chi connectivity index (χ4n) is 1.08. The SMILES string of the molecule is COc1cc(F)c(P(C)C)cc1N. The lowest BCUT2D eigenvalue weighted by atomic mass is 10.3. The van der Waals surface area contributed by atoms with Crippen LogP contribution in [-0.2, 0) is 0 Å². The average Bonchev–Trinajstić information content (AvgIpc) is 2.07. The Hall–Kier alpha value is -0.820. The summed E-state index contributed by atoms with van der Waals surface area (Å²) in [6.07, 6.45) is 0. The number of halogens is 1. The van der Waals surface area contributed by atoms with Crippen LogP contribution in [0.4, 0.5) is 10.1 Å². The van der Waals surface area contributed by atoms with Gasteiger partial charge in [-0.25, -0.2) is 4.39 Å². The summed E-state index contributed by atoms with van der Waals surface area (Å²) in [6, 6.07) is 2.99. The highest BCUT2D eigenvalue weighted by Crippen LogP contribution is 2.30. The summed E-state index contributed by atoms with van der Waals surface area (Å²) in [5, 5.41) is 0.688. The van der Waals surface area contributed by atoms with Gasteiger partial charge in [0.15, 0.2) is 0 Å². The predicted molar refractivity (Wildman–Crippen MR) is 55.8 cm³/mol. The van der Waals surface area contributed by atoms with Gasteiger partial charge in [0.05, 0.1) is 12.8 Å². The van der Waals surface area contributed by atoms with E-state index in [0.717, 1.165) is 0 Å². The van der Waals surface area contributed by atoms with Gasteiger partial charge in [0.1, 0.15) is 11.6 Å². The molecule has 1 rings (SSSR count). The molecule has 0 heterocycles. The highest BCUT2D eigenvalue weighted by Gasteiger charge is 2.10. The van der Waals surface area contributed by atoms with Crippen LogP contribution in [-0.4, -0.2) is 20.4 Å². The number of ether oxygens (including phenoxy) is 1. The standard InChI is InChI=1S/C9H13FNOP/c1-12-8-4-6(10)9(13(2)3)5-7(8)11/h4-5H,11H2,1-3H3. The molecule has 0 aliphatic rings. The van der Waals surface area contributed by atoms with Crippen molar-refractivity contribution in [2.75, 3.05) is 26.2 Å². The second kappa shape index (κ2) is 3.93. The van der Waals surface area contributed by atoms with Crippen LogP contribution >= 0.6 is 7.92 Å². The third-order valence-electron chi connectivity index (χ3n) is 1.78. The number of methoxy groups -OCH3 is 1. The van der Waals surface area contributed by atoms with Crippen LogP contribution in [0.25, 0.3) is 0 Å². The molecular weight excluding hydrogens is 188 g/mol. The predicted octanol–water partition coefficient (Wildman–Crippen LogP) is 1.78. The Kier molecular flexibility index (Phi) is 3.10. The Morgan fingerprint density at radius 1 is 1.38 bits per heavy atom. The van der Waals surface area contributed by atoms with Crippen LogP contribution < -0.4 is 15.8 Å². The molecule has 2 nitrogen and oxygen atoms in total. The summed E-state index contributed by atoms with van der Waals surface area (Å²) in [7, 11) is 1.02. The van der Waals surface area contributed by atoms with E-state index in [0.29, 0.717) is 16.7 Å². The monoisotopic (exact) mass is 201 g/mol. The molecule has 0 fully saturated rings. The van der Waals surface area contributed by atoms with E-state index in [1.165, 1.54) is 13.2 Å². The summed E-state index contributed by atoms with van der Waals surface area (Å²) in [5.74, 6) is 0.167. The van der Waals surface area contributed by atoms with E-state index in [1.54, 1.807) is 6.07 Å². The lowest BCUT2D eigenvalue weighted by molar-refractivity contribution is 0.414. The molecule has 0 bridgehead atoms. The van der Waals surface area contributed by atoms with Crippen LogP contribution in [0.2, 0.25) is 0 Å². The summed E-state index contributed by atoms with van der Waals surface area (Å²) in [6.45, 7) is 3.97. The highest BCUT2D eigenvalue weighted by molar-refractivity contribution is 7.64. The summed E-state index contributed by atoms with van der Waals surface area (Å²) < 4.78 is 18.3. The van der Waals surface area contributed by atoms with Gasteiger partial charge in [0.25, 0.3) is 0 Å². The zero-order valence-corrected chi connectivity index (χ0v) is 8.86. The van der Waals surface area contributed by atoms with Crippen LogP contribution in [0.5, 0.6) is 5.75 Å². The number of nitrogens with two attached hydrogens (primary N) is 1. The van der Waals surface area contributed by atoms with E-state index in [9.17, 15) is 4.39 Å². The Labute approximate surface area is 78.6 Å². The third kappa shape index (κ3) is 2.10. The molecule has 1 aromatic rings. The maximum atomic E-state index is 13.3. The molecule has 0 atom stereocenters. The molecular formula is C9H13FNOP. The highest BCUT2D eigenvalue weighted by atomic mass is 31.1. The Bertz CT molecular complexity index is 315. The van der Waals surface area contributed by atoms with Gasteiger partial charge < -0.3 is 10.5 Å². The maximum absolute atomic E-state index is 13.3. The number of rotatable bonds is 2. The van der Waals surface area contributed by atoms with E-state index in [2.05, 4.69) is 0 Å². The number of nitrogen functional groups attached to an aromatic ring is 1. The third-order valence-corrected chi connectivity index (χ3v) is 3.09. The van der Waals surface area contributed by atoms with E-state index in [4.69, 9.17) is 10.5 Å². The first-order valence-corrected chi connectivity index (χ1v) is 6.10. The minimum Gasteiger partial charge on any atom is -0.494 e.